The van der Waals surface area contributed by atoms with E-state index in [1.165, 1.54) is 32.1 Å². The molecule has 0 amide bonds. The number of halogens is 1. The topological polar surface area (TPSA) is 32.3 Å². The lowest BCUT2D eigenvalue weighted by Gasteiger charge is -2.36. The number of para-hydroxylation sites is 1. The van der Waals surface area contributed by atoms with Crippen LogP contribution in [0.2, 0.25) is 0 Å². The molecule has 0 spiro atoms. The number of aliphatic hydroxyl groups is 1. The fourth-order valence-electron chi connectivity index (χ4n) is 2.75. The summed E-state index contributed by atoms with van der Waals surface area (Å²) in [6.45, 7) is 0.217. The second-order valence-electron chi connectivity index (χ2n) is 5.31. The second-order valence-corrected chi connectivity index (χ2v) is 6.17. The normalized spacial score (nSPS) is 19.9. The minimum atomic E-state index is -0.135. The van der Waals surface area contributed by atoms with Gasteiger partial charge in [-0.2, -0.15) is 0 Å². The Labute approximate surface area is 118 Å². The molecule has 0 heterocycles. The van der Waals surface area contributed by atoms with Crippen LogP contribution in [0.1, 0.15) is 44.9 Å². The highest BCUT2D eigenvalue weighted by Gasteiger charge is 2.29. The van der Waals surface area contributed by atoms with Gasteiger partial charge in [-0.25, -0.2) is 0 Å². The van der Waals surface area contributed by atoms with Crippen LogP contribution in [0, 0.1) is 0 Å². The lowest BCUT2D eigenvalue weighted by Crippen LogP contribution is -2.42. The van der Waals surface area contributed by atoms with Gasteiger partial charge in [-0.15, -0.1) is 0 Å². The lowest BCUT2D eigenvalue weighted by atomic mass is 9.84. The Hall–Kier alpha value is -0.540. The van der Waals surface area contributed by atoms with Crippen molar-refractivity contribution in [3.63, 3.8) is 0 Å². The number of benzene rings is 1. The van der Waals surface area contributed by atoms with Gasteiger partial charge < -0.3 is 10.4 Å². The van der Waals surface area contributed by atoms with Gasteiger partial charge in [-0.1, -0.05) is 44.2 Å². The summed E-state index contributed by atoms with van der Waals surface area (Å²) in [5.41, 5.74) is 0.955. The van der Waals surface area contributed by atoms with Gasteiger partial charge in [0, 0.05) is 10.2 Å². The zero-order valence-electron chi connectivity index (χ0n) is 10.8. The first-order valence-electron chi connectivity index (χ1n) is 6.89. The van der Waals surface area contributed by atoms with E-state index in [0.29, 0.717) is 0 Å². The van der Waals surface area contributed by atoms with Crippen LogP contribution >= 0.6 is 15.9 Å². The number of nitrogens with one attached hydrogen (secondary N) is 1. The van der Waals surface area contributed by atoms with Crippen molar-refractivity contribution in [1.29, 1.82) is 0 Å². The average molecular weight is 312 g/mol. The smallest absolute Gasteiger partial charge is 0.0661 e. The molecule has 2 rings (SSSR count). The fraction of sp³-hybridized carbons (Fsp3) is 0.600. The monoisotopic (exact) mass is 311 g/mol. The quantitative estimate of drug-likeness (QED) is 0.870. The van der Waals surface area contributed by atoms with Crippen molar-refractivity contribution in [2.45, 2.75) is 50.5 Å². The van der Waals surface area contributed by atoms with Crippen molar-refractivity contribution in [1.82, 2.24) is 0 Å². The van der Waals surface area contributed by atoms with E-state index >= 15 is 0 Å². The summed E-state index contributed by atoms with van der Waals surface area (Å²) < 4.78 is 1.07. The highest BCUT2D eigenvalue weighted by molar-refractivity contribution is 9.10. The molecule has 0 aliphatic heterocycles. The van der Waals surface area contributed by atoms with Crippen molar-refractivity contribution in [3.05, 3.63) is 28.7 Å². The van der Waals surface area contributed by atoms with E-state index in [0.717, 1.165) is 23.0 Å². The highest BCUT2D eigenvalue weighted by Crippen LogP contribution is 2.32. The minimum Gasteiger partial charge on any atom is -0.394 e. The van der Waals surface area contributed by atoms with Crippen molar-refractivity contribution >= 4 is 21.6 Å². The first-order valence-corrected chi connectivity index (χ1v) is 7.69. The number of hydrogen-bond donors (Lipinski definition) is 2. The summed E-state index contributed by atoms with van der Waals surface area (Å²) in [7, 11) is 0. The molecule has 1 aromatic rings. The van der Waals surface area contributed by atoms with Crippen molar-refractivity contribution in [3.8, 4) is 0 Å². The third kappa shape index (κ3) is 3.48. The lowest BCUT2D eigenvalue weighted by molar-refractivity contribution is 0.182. The Morgan fingerprint density at radius 3 is 2.28 bits per heavy atom. The van der Waals surface area contributed by atoms with E-state index in [1.807, 2.05) is 18.2 Å². The minimum absolute atomic E-state index is 0.135. The zero-order chi connectivity index (χ0) is 12.8. The third-order valence-electron chi connectivity index (χ3n) is 3.89. The van der Waals surface area contributed by atoms with Gasteiger partial charge >= 0.3 is 0 Å². The van der Waals surface area contributed by atoms with E-state index in [1.54, 1.807) is 0 Å². The molecule has 0 bridgehead atoms. The maximum absolute atomic E-state index is 9.83. The molecule has 0 saturated heterocycles. The summed E-state index contributed by atoms with van der Waals surface area (Å²) in [4.78, 5) is 0. The number of rotatable bonds is 3. The molecule has 3 heteroatoms. The van der Waals surface area contributed by atoms with Crippen molar-refractivity contribution in [2.24, 2.45) is 0 Å². The molecule has 0 atom stereocenters. The predicted octanol–water partition coefficient (Wildman–Crippen LogP) is 4.34. The molecule has 0 aromatic heterocycles. The van der Waals surface area contributed by atoms with Gasteiger partial charge in [0.1, 0.15) is 0 Å². The largest absolute Gasteiger partial charge is 0.394 e. The van der Waals surface area contributed by atoms with E-state index in [-0.39, 0.29) is 12.1 Å². The summed E-state index contributed by atoms with van der Waals surface area (Å²) in [5.74, 6) is 0. The fourth-order valence-corrected chi connectivity index (χ4v) is 3.14. The molecule has 2 nitrogen and oxygen atoms in total. The molecule has 1 aliphatic rings. The Bertz CT molecular complexity index is 373. The van der Waals surface area contributed by atoms with E-state index in [9.17, 15) is 5.11 Å². The molecule has 0 radical (unpaired) electrons. The van der Waals surface area contributed by atoms with Crippen molar-refractivity contribution < 1.29 is 5.11 Å². The molecule has 0 unspecified atom stereocenters. The van der Waals surface area contributed by atoms with Crippen LogP contribution in [0.5, 0.6) is 0 Å². The second kappa shape index (κ2) is 6.58. The van der Waals surface area contributed by atoms with E-state index < -0.39 is 0 Å². The maximum atomic E-state index is 9.83. The van der Waals surface area contributed by atoms with Gasteiger partial charge in [0.05, 0.1) is 12.1 Å². The first kappa shape index (κ1) is 13.9. The van der Waals surface area contributed by atoms with Crippen LogP contribution in [-0.4, -0.2) is 17.3 Å². The van der Waals surface area contributed by atoms with Crippen LogP contribution < -0.4 is 5.32 Å². The van der Waals surface area contributed by atoms with Crippen LogP contribution in [0.3, 0.4) is 0 Å². The average Bonchev–Trinajstić information content (AvgIpc) is 2.35. The molecule has 1 aromatic carbocycles. The van der Waals surface area contributed by atoms with Gasteiger partial charge in [-0.3, -0.25) is 0 Å². The Balaban J connectivity index is 2.13. The molecule has 18 heavy (non-hydrogen) atoms. The summed E-state index contributed by atoms with van der Waals surface area (Å²) in [6.07, 6.45) is 8.46. The van der Waals surface area contributed by atoms with E-state index in [2.05, 4.69) is 27.3 Å². The van der Waals surface area contributed by atoms with Gasteiger partial charge in [0.15, 0.2) is 0 Å². The number of hydrogen-bond acceptors (Lipinski definition) is 2. The van der Waals surface area contributed by atoms with Crippen LogP contribution in [0.25, 0.3) is 0 Å². The predicted molar refractivity (Wildman–Crippen MR) is 79.9 cm³/mol. The number of aliphatic hydroxyl groups excluding tert-OH is 1. The molecular weight excluding hydrogens is 290 g/mol. The zero-order valence-corrected chi connectivity index (χ0v) is 12.4. The maximum Gasteiger partial charge on any atom is 0.0661 e. The molecule has 1 saturated carbocycles. The van der Waals surface area contributed by atoms with Gasteiger partial charge in [-0.05, 0) is 40.9 Å². The van der Waals surface area contributed by atoms with Gasteiger partial charge in [0.25, 0.3) is 0 Å². The summed E-state index contributed by atoms with van der Waals surface area (Å²) in [6, 6.07) is 8.15. The molecular formula is C15H22BrNO. The first-order chi connectivity index (χ1) is 8.76. The summed E-state index contributed by atoms with van der Waals surface area (Å²) >= 11 is 3.57. The van der Waals surface area contributed by atoms with Crippen LogP contribution in [0.4, 0.5) is 5.69 Å². The molecule has 100 valence electrons. The molecule has 2 N–H and O–H groups in total. The third-order valence-corrected chi connectivity index (χ3v) is 4.58. The number of anilines is 1. The van der Waals surface area contributed by atoms with Crippen LogP contribution in [0.15, 0.2) is 28.7 Å². The Morgan fingerprint density at radius 1 is 1.06 bits per heavy atom. The summed E-state index contributed by atoms with van der Waals surface area (Å²) in [5, 5.41) is 13.4. The standard InChI is InChI=1S/C15H22BrNO/c16-13-8-4-5-9-14(13)17-15(12-18)10-6-2-1-3-7-11-15/h4-5,8-9,17-18H,1-3,6-7,10-12H2. The SMILES string of the molecule is OCC1(Nc2ccccc2Br)CCCCCCC1. The highest BCUT2D eigenvalue weighted by atomic mass is 79.9. The van der Waals surface area contributed by atoms with Gasteiger partial charge in [0.2, 0.25) is 0 Å². The van der Waals surface area contributed by atoms with Crippen LogP contribution in [-0.2, 0) is 0 Å². The Kier molecular flexibility index (Phi) is 5.07. The van der Waals surface area contributed by atoms with Crippen molar-refractivity contribution in [2.75, 3.05) is 11.9 Å². The molecule has 1 fully saturated rings. The Morgan fingerprint density at radius 2 is 1.67 bits per heavy atom. The van der Waals surface area contributed by atoms with E-state index in [4.69, 9.17) is 0 Å². The molecule has 1 aliphatic carbocycles.